The average molecular weight is 343 g/mol. The third kappa shape index (κ3) is 4.55. The summed E-state index contributed by atoms with van der Waals surface area (Å²) in [4.78, 5) is 2.36. The van der Waals surface area contributed by atoms with Gasteiger partial charge in [0.25, 0.3) is 0 Å². The number of nitrogens with zero attached hydrogens (tertiary/aromatic N) is 1. The van der Waals surface area contributed by atoms with Crippen molar-refractivity contribution in [2.24, 2.45) is 5.73 Å². The summed E-state index contributed by atoms with van der Waals surface area (Å²) in [6.45, 7) is 7.25. The summed E-state index contributed by atoms with van der Waals surface area (Å²) in [5, 5.41) is 9.41. The monoisotopic (exact) mass is 342 g/mol. The first-order chi connectivity index (χ1) is 9.54. The maximum Gasteiger partial charge on any atom is 0.0558 e. The lowest BCUT2D eigenvalue weighted by Gasteiger charge is -2.39. The van der Waals surface area contributed by atoms with Crippen molar-refractivity contribution in [1.82, 2.24) is 4.90 Å². The molecule has 0 aliphatic heterocycles. The van der Waals surface area contributed by atoms with E-state index in [-0.39, 0.29) is 18.7 Å². The van der Waals surface area contributed by atoms with E-state index in [1.807, 2.05) is 6.92 Å². The number of benzene rings is 1. The Morgan fingerprint density at radius 2 is 1.75 bits per heavy atom. The Kier molecular flexibility index (Phi) is 7.74. The Bertz CT molecular complexity index is 377. The molecule has 0 bridgehead atoms. The smallest absolute Gasteiger partial charge is 0.0558 e. The predicted octanol–water partition coefficient (Wildman–Crippen LogP) is 3.32. The highest BCUT2D eigenvalue weighted by Gasteiger charge is 2.28. The van der Waals surface area contributed by atoms with E-state index in [2.05, 4.69) is 58.9 Å². The van der Waals surface area contributed by atoms with Gasteiger partial charge < -0.3 is 10.8 Å². The van der Waals surface area contributed by atoms with Gasteiger partial charge in [-0.1, -0.05) is 41.9 Å². The number of hydrogen-bond acceptors (Lipinski definition) is 3. The molecule has 0 aliphatic carbocycles. The number of aliphatic hydroxyl groups excluding tert-OH is 1. The molecule has 1 aromatic rings. The minimum atomic E-state index is 0.0170. The van der Waals surface area contributed by atoms with E-state index in [1.54, 1.807) is 0 Å². The molecule has 0 spiro atoms. The fourth-order valence-corrected chi connectivity index (χ4v) is 3.14. The van der Waals surface area contributed by atoms with E-state index >= 15 is 0 Å². The van der Waals surface area contributed by atoms with E-state index < -0.39 is 0 Å². The Balaban J connectivity index is 3.10. The van der Waals surface area contributed by atoms with Gasteiger partial charge in [-0.25, -0.2) is 0 Å². The highest BCUT2D eigenvalue weighted by atomic mass is 79.9. The molecule has 0 heterocycles. The normalized spacial score (nSPS) is 14.8. The Morgan fingerprint density at radius 1 is 1.20 bits per heavy atom. The van der Waals surface area contributed by atoms with E-state index in [1.165, 1.54) is 5.56 Å². The summed E-state index contributed by atoms with van der Waals surface area (Å²) in [6.07, 6.45) is 2.13. The van der Waals surface area contributed by atoms with Crippen LogP contribution < -0.4 is 5.73 Å². The standard InChI is InChI=1S/C16H27BrN2O/c1-4-15(5-2)19(10-11-20)16(12(3)18)13-6-8-14(17)9-7-13/h6-9,12,15-16,20H,4-5,10-11,18H2,1-3H3. The van der Waals surface area contributed by atoms with E-state index in [9.17, 15) is 5.11 Å². The SMILES string of the molecule is CCC(CC)N(CCO)C(c1ccc(Br)cc1)C(C)N. The topological polar surface area (TPSA) is 49.5 Å². The maximum absolute atomic E-state index is 9.41. The van der Waals surface area contributed by atoms with Crippen molar-refractivity contribution in [3.63, 3.8) is 0 Å². The maximum atomic E-state index is 9.41. The summed E-state index contributed by atoms with van der Waals surface area (Å²) in [5.74, 6) is 0. The molecule has 0 saturated heterocycles. The molecule has 0 radical (unpaired) electrons. The summed E-state index contributed by atoms with van der Waals surface area (Å²) in [6, 6.07) is 8.93. The Hall–Kier alpha value is -0.420. The van der Waals surface area contributed by atoms with Gasteiger partial charge in [-0.2, -0.15) is 0 Å². The fraction of sp³-hybridized carbons (Fsp3) is 0.625. The average Bonchev–Trinajstić information content (AvgIpc) is 2.42. The molecule has 20 heavy (non-hydrogen) atoms. The van der Waals surface area contributed by atoms with Crippen LogP contribution in [0.2, 0.25) is 0 Å². The molecule has 114 valence electrons. The lowest BCUT2D eigenvalue weighted by molar-refractivity contribution is 0.0852. The van der Waals surface area contributed by atoms with Crippen LogP contribution in [0.1, 0.15) is 45.2 Å². The summed E-state index contributed by atoms with van der Waals surface area (Å²) in [5.41, 5.74) is 7.46. The molecule has 2 atom stereocenters. The van der Waals surface area contributed by atoms with Gasteiger partial charge in [-0.3, -0.25) is 4.90 Å². The van der Waals surface area contributed by atoms with Gasteiger partial charge in [0.15, 0.2) is 0 Å². The molecular formula is C16H27BrN2O. The predicted molar refractivity (Wildman–Crippen MR) is 88.7 cm³/mol. The van der Waals surface area contributed by atoms with Crippen LogP contribution >= 0.6 is 15.9 Å². The van der Waals surface area contributed by atoms with Gasteiger partial charge in [0, 0.05) is 29.1 Å². The van der Waals surface area contributed by atoms with Gasteiger partial charge >= 0.3 is 0 Å². The van der Waals surface area contributed by atoms with Crippen LogP contribution in [-0.2, 0) is 0 Å². The molecule has 0 aliphatic rings. The Morgan fingerprint density at radius 3 is 2.15 bits per heavy atom. The zero-order valence-corrected chi connectivity index (χ0v) is 14.3. The second kappa shape index (κ2) is 8.78. The van der Waals surface area contributed by atoms with E-state index in [4.69, 9.17) is 5.73 Å². The van der Waals surface area contributed by atoms with Crippen molar-refractivity contribution in [1.29, 1.82) is 0 Å². The van der Waals surface area contributed by atoms with Crippen LogP contribution in [0.3, 0.4) is 0 Å². The van der Waals surface area contributed by atoms with Gasteiger partial charge in [0.05, 0.1) is 6.61 Å². The molecule has 3 N–H and O–H groups in total. The molecule has 3 nitrogen and oxygen atoms in total. The van der Waals surface area contributed by atoms with Crippen LogP contribution in [0.5, 0.6) is 0 Å². The summed E-state index contributed by atoms with van der Waals surface area (Å²) >= 11 is 3.47. The molecule has 0 aromatic heterocycles. The molecular weight excluding hydrogens is 316 g/mol. The van der Waals surface area contributed by atoms with Crippen LogP contribution in [0, 0.1) is 0 Å². The fourth-order valence-electron chi connectivity index (χ4n) is 2.88. The minimum absolute atomic E-state index is 0.0170. The summed E-state index contributed by atoms with van der Waals surface area (Å²) in [7, 11) is 0. The minimum Gasteiger partial charge on any atom is -0.395 e. The second-order valence-corrected chi connectivity index (χ2v) is 6.20. The van der Waals surface area contributed by atoms with Crippen LogP contribution in [0.25, 0.3) is 0 Å². The first kappa shape index (κ1) is 17.6. The number of hydrogen-bond donors (Lipinski definition) is 2. The van der Waals surface area contributed by atoms with Crippen molar-refractivity contribution < 1.29 is 5.11 Å². The molecule has 4 heteroatoms. The van der Waals surface area contributed by atoms with Gasteiger partial charge in [-0.05, 0) is 37.5 Å². The Labute approximate surface area is 131 Å². The van der Waals surface area contributed by atoms with Crippen LogP contribution in [-0.4, -0.2) is 35.2 Å². The largest absolute Gasteiger partial charge is 0.395 e. The first-order valence-electron chi connectivity index (χ1n) is 7.42. The summed E-state index contributed by atoms with van der Waals surface area (Å²) < 4.78 is 1.07. The highest BCUT2D eigenvalue weighted by molar-refractivity contribution is 9.10. The molecule has 0 amide bonds. The van der Waals surface area contributed by atoms with Crippen molar-refractivity contribution in [3.8, 4) is 0 Å². The van der Waals surface area contributed by atoms with Gasteiger partial charge in [-0.15, -0.1) is 0 Å². The van der Waals surface area contributed by atoms with Crippen LogP contribution in [0.4, 0.5) is 0 Å². The van der Waals surface area contributed by atoms with Crippen molar-refractivity contribution >= 4 is 15.9 Å². The van der Waals surface area contributed by atoms with Gasteiger partial charge in [0.2, 0.25) is 0 Å². The van der Waals surface area contributed by atoms with Crippen molar-refractivity contribution in [3.05, 3.63) is 34.3 Å². The molecule has 1 aromatic carbocycles. The lowest BCUT2D eigenvalue weighted by atomic mass is 9.96. The first-order valence-corrected chi connectivity index (χ1v) is 8.22. The highest BCUT2D eigenvalue weighted by Crippen LogP contribution is 2.28. The number of rotatable bonds is 8. The molecule has 0 fully saturated rings. The third-order valence-corrected chi connectivity index (χ3v) is 4.37. The number of nitrogens with two attached hydrogens (primary N) is 1. The second-order valence-electron chi connectivity index (χ2n) is 5.29. The van der Waals surface area contributed by atoms with E-state index in [0.717, 1.165) is 17.3 Å². The van der Waals surface area contributed by atoms with Crippen molar-refractivity contribution in [2.75, 3.05) is 13.2 Å². The van der Waals surface area contributed by atoms with Gasteiger partial charge in [0.1, 0.15) is 0 Å². The number of halogens is 1. The zero-order chi connectivity index (χ0) is 15.1. The molecule has 1 rings (SSSR count). The quantitative estimate of drug-likeness (QED) is 0.761. The van der Waals surface area contributed by atoms with Crippen LogP contribution in [0.15, 0.2) is 28.7 Å². The van der Waals surface area contributed by atoms with E-state index in [0.29, 0.717) is 12.6 Å². The molecule has 0 saturated carbocycles. The lowest BCUT2D eigenvalue weighted by Crippen LogP contribution is -2.46. The number of aliphatic hydroxyl groups is 1. The molecule has 2 unspecified atom stereocenters. The third-order valence-electron chi connectivity index (χ3n) is 3.84. The van der Waals surface area contributed by atoms with Crippen molar-refractivity contribution in [2.45, 2.75) is 51.7 Å². The zero-order valence-electron chi connectivity index (χ0n) is 12.7.